The third kappa shape index (κ3) is 43.7. The first kappa shape index (κ1) is 68.6. The maximum absolute atomic E-state index is 6.97. The van der Waals surface area contributed by atoms with E-state index in [1.165, 1.54) is 128 Å². The molecule has 0 fully saturated rings. The van der Waals surface area contributed by atoms with Gasteiger partial charge in [0, 0.05) is 12.8 Å². The van der Waals surface area contributed by atoms with E-state index in [1.54, 1.807) is 0 Å². The summed E-state index contributed by atoms with van der Waals surface area (Å²) in [6, 6.07) is 0. The van der Waals surface area contributed by atoms with Crippen LogP contribution in [0.2, 0.25) is 0 Å². The topological polar surface area (TPSA) is 83.1 Å². The minimum Gasteiger partial charge on any atom is -0.329 e. The standard InChI is InChI=1S/C60H122O9/c1-9-17-25-31-35-43-51-64-59(49-41-29-21-13-5,65-52-44-36-32-26-18-10-2)68-57(47-39-23-15-7)62-55-61-56-63-58(48-40-24-16-8)69-60(50-42-30-22-14-6,66-53-45-37-33-27-19-11-3)67-54-46-38-34-28-20-12-4/h57-58H,9-56H2,1-8H3. The minimum atomic E-state index is -1.14. The van der Waals surface area contributed by atoms with Crippen molar-refractivity contribution < 1.29 is 42.6 Å². The third-order valence-electron chi connectivity index (χ3n) is 13.3. The first-order valence-electron chi connectivity index (χ1n) is 30.7. The predicted octanol–water partition coefficient (Wildman–Crippen LogP) is 19.6. The molecule has 9 nitrogen and oxygen atoms in total. The molecular formula is C60H122O9. The molecule has 0 aliphatic rings. The van der Waals surface area contributed by atoms with Crippen LogP contribution in [0.5, 0.6) is 0 Å². The molecule has 2 unspecified atom stereocenters. The van der Waals surface area contributed by atoms with Crippen molar-refractivity contribution in [3.63, 3.8) is 0 Å². The highest BCUT2D eigenvalue weighted by atomic mass is 16.9. The Bertz CT molecular complexity index is 859. The quantitative estimate of drug-likeness (QED) is 0.0437. The lowest BCUT2D eigenvalue weighted by atomic mass is 10.1. The summed E-state index contributed by atoms with van der Waals surface area (Å²) in [4.78, 5) is 0. The summed E-state index contributed by atoms with van der Waals surface area (Å²) in [5.74, 6) is -2.28. The lowest BCUT2D eigenvalue weighted by Gasteiger charge is -2.37. The first-order valence-corrected chi connectivity index (χ1v) is 30.7. The van der Waals surface area contributed by atoms with Gasteiger partial charge >= 0.3 is 0 Å². The first-order chi connectivity index (χ1) is 33.9. The number of rotatable bonds is 60. The van der Waals surface area contributed by atoms with Crippen molar-refractivity contribution in [1.82, 2.24) is 0 Å². The molecular weight excluding hydrogens is 865 g/mol. The molecule has 0 bridgehead atoms. The van der Waals surface area contributed by atoms with Gasteiger partial charge in [0.15, 0.2) is 26.2 Å². The van der Waals surface area contributed by atoms with E-state index in [9.17, 15) is 0 Å². The Morgan fingerprint density at radius 3 is 0.768 bits per heavy atom. The molecule has 9 heteroatoms. The van der Waals surface area contributed by atoms with Crippen LogP contribution in [0, 0.1) is 0 Å². The summed E-state index contributed by atoms with van der Waals surface area (Å²) in [6.45, 7) is 20.6. The molecule has 0 aromatic heterocycles. The summed E-state index contributed by atoms with van der Waals surface area (Å²) < 4.78 is 60.2. The molecule has 0 amide bonds. The average molecular weight is 988 g/mol. The fraction of sp³-hybridized carbons (Fsp3) is 1.00. The molecule has 416 valence electrons. The Morgan fingerprint density at radius 1 is 0.261 bits per heavy atom. The summed E-state index contributed by atoms with van der Waals surface area (Å²) in [5.41, 5.74) is 0. The Labute approximate surface area is 430 Å². The Kier molecular flexibility index (Phi) is 53.6. The molecule has 0 aliphatic carbocycles. The molecule has 0 aliphatic heterocycles. The Balaban J connectivity index is 6.23. The van der Waals surface area contributed by atoms with Crippen LogP contribution in [0.4, 0.5) is 0 Å². The van der Waals surface area contributed by atoms with E-state index in [2.05, 4.69) is 55.4 Å². The van der Waals surface area contributed by atoms with Crippen LogP contribution in [-0.4, -0.2) is 64.5 Å². The zero-order chi connectivity index (χ0) is 50.5. The molecule has 0 saturated heterocycles. The lowest BCUT2D eigenvalue weighted by molar-refractivity contribution is -0.432. The molecule has 2 atom stereocenters. The van der Waals surface area contributed by atoms with Crippen LogP contribution >= 0.6 is 0 Å². The monoisotopic (exact) mass is 987 g/mol. The zero-order valence-corrected chi connectivity index (χ0v) is 47.8. The van der Waals surface area contributed by atoms with Crippen molar-refractivity contribution in [2.75, 3.05) is 40.0 Å². The summed E-state index contributed by atoms with van der Waals surface area (Å²) in [7, 11) is 0. The second-order valence-electron chi connectivity index (χ2n) is 20.3. The van der Waals surface area contributed by atoms with E-state index < -0.39 is 24.5 Å². The SMILES string of the molecule is CCCCCCCCOC(CCCCCC)(OCCCCCCCC)OC(CCCCC)OCOCOC(CCCCC)OC(CCCCCC)(OCCCCCCCC)OCCCCCCCC. The number of ether oxygens (including phenoxy) is 9. The second kappa shape index (κ2) is 53.9. The fourth-order valence-electron chi connectivity index (χ4n) is 8.76. The van der Waals surface area contributed by atoms with E-state index in [1.807, 2.05) is 0 Å². The minimum absolute atomic E-state index is 0.0322. The van der Waals surface area contributed by atoms with E-state index in [0.29, 0.717) is 39.3 Å². The van der Waals surface area contributed by atoms with Gasteiger partial charge in [0.05, 0.1) is 26.4 Å². The van der Waals surface area contributed by atoms with Gasteiger partial charge in [0.25, 0.3) is 11.9 Å². The highest BCUT2D eigenvalue weighted by Crippen LogP contribution is 2.31. The Morgan fingerprint density at radius 2 is 0.493 bits per heavy atom. The van der Waals surface area contributed by atoms with Crippen LogP contribution in [0.25, 0.3) is 0 Å². The van der Waals surface area contributed by atoms with Crippen molar-refractivity contribution in [3.05, 3.63) is 0 Å². The fourth-order valence-corrected chi connectivity index (χ4v) is 8.76. The van der Waals surface area contributed by atoms with Gasteiger partial charge in [0.1, 0.15) is 0 Å². The van der Waals surface area contributed by atoms with Crippen LogP contribution in [0.1, 0.15) is 325 Å². The van der Waals surface area contributed by atoms with Crippen LogP contribution in [-0.2, 0) is 42.6 Å². The van der Waals surface area contributed by atoms with Gasteiger partial charge in [-0.3, -0.25) is 9.47 Å². The molecule has 69 heavy (non-hydrogen) atoms. The lowest BCUT2D eigenvalue weighted by Crippen LogP contribution is -2.44. The molecule has 0 aromatic carbocycles. The highest BCUT2D eigenvalue weighted by Gasteiger charge is 2.38. The van der Waals surface area contributed by atoms with Gasteiger partial charge in [-0.2, -0.15) is 0 Å². The summed E-state index contributed by atoms with van der Waals surface area (Å²) in [6.07, 6.45) is 46.1. The maximum Gasteiger partial charge on any atom is 0.285 e. The summed E-state index contributed by atoms with van der Waals surface area (Å²) in [5, 5.41) is 0. The van der Waals surface area contributed by atoms with Gasteiger partial charge in [0.2, 0.25) is 0 Å². The molecule has 0 rings (SSSR count). The Hall–Kier alpha value is -0.360. The van der Waals surface area contributed by atoms with Crippen molar-refractivity contribution in [2.24, 2.45) is 0 Å². The molecule has 0 saturated carbocycles. The van der Waals surface area contributed by atoms with Gasteiger partial charge in [-0.05, 0) is 64.2 Å². The molecule has 0 N–H and O–H groups in total. The van der Waals surface area contributed by atoms with Crippen LogP contribution in [0.3, 0.4) is 0 Å². The normalized spacial score (nSPS) is 13.2. The zero-order valence-electron chi connectivity index (χ0n) is 47.8. The van der Waals surface area contributed by atoms with Crippen LogP contribution < -0.4 is 0 Å². The average Bonchev–Trinajstić information content (AvgIpc) is 3.35. The van der Waals surface area contributed by atoms with Gasteiger partial charge in [-0.1, -0.05) is 248 Å². The maximum atomic E-state index is 6.97. The van der Waals surface area contributed by atoms with Gasteiger partial charge < -0.3 is 33.2 Å². The largest absolute Gasteiger partial charge is 0.329 e. The van der Waals surface area contributed by atoms with E-state index in [0.717, 1.165) is 128 Å². The van der Waals surface area contributed by atoms with Crippen molar-refractivity contribution in [3.8, 4) is 0 Å². The molecule has 0 heterocycles. The number of hydrogen-bond donors (Lipinski definition) is 0. The number of unbranched alkanes of at least 4 members (excludes halogenated alkanes) is 30. The molecule has 0 radical (unpaired) electrons. The summed E-state index contributed by atoms with van der Waals surface area (Å²) >= 11 is 0. The van der Waals surface area contributed by atoms with E-state index in [-0.39, 0.29) is 13.6 Å². The van der Waals surface area contributed by atoms with Crippen molar-refractivity contribution in [2.45, 2.75) is 350 Å². The van der Waals surface area contributed by atoms with Crippen LogP contribution in [0.15, 0.2) is 0 Å². The predicted molar refractivity (Wildman–Crippen MR) is 291 cm³/mol. The van der Waals surface area contributed by atoms with E-state index >= 15 is 0 Å². The third-order valence-corrected chi connectivity index (χ3v) is 13.3. The highest BCUT2D eigenvalue weighted by molar-refractivity contribution is 4.66. The molecule has 0 aromatic rings. The van der Waals surface area contributed by atoms with Gasteiger partial charge in [-0.15, -0.1) is 0 Å². The van der Waals surface area contributed by atoms with Gasteiger partial charge in [-0.25, -0.2) is 0 Å². The number of hydrogen-bond acceptors (Lipinski definition) is 9. The van der Waals surface area contributed by atoms with Crippen molar-refractivity contribution >= 4 is 0 Å². The molecule has 0 spiro atoms. The second-order valence-corrected chi connectivity index (χ2v) is 20.3. The smallest absolute Gasteiger partial charge is 0.285 e. The van der Waals surface area contributed by atoms with Crippen molar-refractivity contribution in [1.29, 1.82) is 0 Å². The van der Waals surface area contributed by atoms with E-state index in [4.69, 9.17) is 42.6 Å².